The predicted octanol–water partition coefficient (Wildman–Crippen LogP) is 2.50. The zero-order valence-corrected chi connectivity index (χ0v) is 14.9. The van der Waals surface area contributed by atoms with Crippen molar-refractivity contribution < 1.29 is 4.74 Å². The van der Waals surface area contributed by atoms with E-state index in [1.54, 1.807) is 0 Å². The number of hydrogen-bond donors (Lipinski definition) is 0. The Morgan fingerprint density at radius 3 is 2.46 bits per heavy atom. The van der Waals surface area contributed by atoms with E-state index in [9.17, 15) is 0 Å². The second kappa shape index (κ2) is 6.96. The highest BCUT2D eigenvalue weighted by molar-refractivity contribution is 5.37. The van der Waals surface area contributed by atoms with Gasteiger partial charge in [-0.2, -0.15) is 5.10 Å². The van der Waals surface area contributed by atoms with Gasteiger partial charge in [-0.1, -0.05) is 0 Å². The van der Waals surface area contributed by atoms with E-state index in [0.717, 1.165) is 43.7 Å². The van der Waals surface area contributed by atoms with Crippen LogP contribution in [0.15, 0.2) is 12.1 Å². The lowest BCUT2D eigenvalue weighted by Gasteiger charge is -2.47. The molecule has 0 radical (unpaired) electrons. The average molecular weight is 330 g/mol. The molecule has 1 aromatic heterocycles. The molecule has 0 N–H and O–H groups in total. The molecular weight excluding hydrogens is 300 g/mol. The maximum atomic E-state index is 5.53. The molecule has 4 heterocycles. The van der Waals surface area contributed by atoms with Crippen molar-refractivity contribution in [3.05, 3.63) is 17.8 Å². The Labute approximate surface area is 145 Å². The molecule has 1 atom stereocenters. The second-order valence-electron chi connectivity index (χ2n) is 8.05. The number of hydrogen-bond acceptors (Lipinski definition) is 5. The number of anilines is 1. The van der Waals surface area contributed by atoms with E-state index < -0.39 is 0 Å². The molecule has 0 bridgehead atoms. The minimum Gasteiger partial charge on any atom is -0.381 e. The first-order valence-corrected chi connectivity index (χ1v) is 9.58. The third-order valence-electron chi connectivity index (χ3n) is 6.39. The lowest BCUT2D eigenvalue weighted by molar-refractivity contribution is 0.0682. The number of aromatic nitrogens is 2. The van der Waals surface area contributed by atoms with Crippen molar-refractivity contribution in [3.8, 4) is 0 Å². The molecule has 24 heavy (non-hydrogen) atoms. The molecule has 1 spiro atoms. The molecule has 5 heteroatoms. The SMILES string of the molecule is Cc1ccc(N2CCC3(CCN(C[C@H]4CCOC4)CC3)CC2)nn1. The van der Waals surface area contributed by atoms with Crippen LogP contribution in [0.4, 0.5) is 5.82 Å². The fraction of sp³-hybridized carbons (Fsp3) is 0.789. The molecule has 0 amide bonds. The number of aryl methyl sites for hydroxylation is 1. The van der Waals surface area contributed by atoms with Crippen LogP contribution in [-0.4, -0.2) is 61.0 Å². The van der Waals surface area contributed by atoms with E-state index in [-0.39, 0.29) is 0 Å². The van der Waals surface area contributed by atoms with Crippen LogP contribution in [0.5, 0.6) is 0 Å². The third kappa shape index (κ3) is 3.57. The van der Waals surface area contributed by atoms with Crippen LogP contribution in [0.1, 0.15) is 37.8 Å². The molecule has 3 saturated heterocycles. The Kier molecular flexibility index (Phi) is 4.72. The Hall–Kier alpha value is -1.20. The van der Waals surface area contributed by atoms with Gasteiger partial charge in [0, 0.05) is 26.2 Å². The number of likely N-dealkylation sites (tertiary alicyclic amines) is 1. The molecule has 0 aromatic carbocycles. The highest BCUT2D eigenvalue weighted by atomic mass is 16.5. The number of rotatable bonds is 3. The van der Waals surface area contributed by atoms with Gasteiger partial charge >= 0.3 is 0 Å². The summed E-state index contributed by atoms with van der Waals surface area (Å²) < 4.78 is 5.53. The second-order valence-corrected chi connectivity index (χ2v) is 8.05. The number of piperidine rings is 2. The molecule has 3 aliphatic heterocycles. The van der Waals surface area contributed by atoms with Gasteiger partial charge in [-0.15, -0.1) is 5.10 Å². The largest absolute Gasteiger partial charge is 0.381 e. The maximum Gasteiger partial charge on any atom is 0.151 e. The minimum absolute atomic E-state index is 0.581. The Morgan fingerprint density at radius 2 is 1.83 bits per heavy atom. The van der Waals surface area contributed by atoms with E-state index in [1.165, 1.54) is 51.7 Å². The molecule has 1 aromatic rings. The van der Waals surface area contributed by atoms with Crippen molar-refractivity contribution in [1.82, 2.24) is 15.1 Å². The van der Waals surface area contributed by atoms with Crippen LogP contribution in [-0.2, 0) is 4.74 Å². The smallest absolute Gasteiger partial charge is 0.151 e. The van der Waals surface area contributed by atoms with Crippen molar-refractivity contribution in [3.63, 3.8) is 0 Å². The van der Waals surface area contributed by atoms with Crippen molar-refractivity contribution in [2.45, 2.75) is 39.0 Å². The molecular formula is C19H30N4O. The molecule has 4 rings (SSSR count). The van der Waals surface area contributed by atoms with E-state index in [4.69, 9.17) is 4.74 Å². The lowest BCUT2D eigenvalue weighted by atomic mass is 9.71. The molecule has 0 saturated carbocycles. The standard InChI is InChI=1S/C19H30N4O/c1-16-2-3-18(21-20-16)23-11-7-19(8-12-23)5-9-22(10-6-19)14-17-4-13-24-15-17/h2-3,17H,4-15H2,1H3/t17-/m1/s1. The van der Waals surface area contributed by atoms with Crippen molar-refractivity contribution >= 4 is 5.82 Å². The first-order valence-electron chi connectivity index (χ1n) is 9.58. The van der Waals surface area contributed by atoms with Gasteiger partial charge in [0.2, 0.25) is 0 Å². The molecule has 3 aliphatic rings. The molecule has 5 nitrogen and oxygen atoms in total. The molecule has 0 unspecified atom stereocenters. The predicted molar refractivity (Wildman–Crippen MR) is 95.2 cm³/mol. The normalized spacial score (nSPS) is 27.7. The number of nitrogens with zero attached hydrogens (tertiary/aromatic N) is 4. The Balaban J connectivity index is 1.27. The van der Waals surface area contributed by atoms with Gasteiger partial charge < -0.3 is 14.5 Å². The van der Waals surface area contributed by atoms with Crippen LogP contribution in [0.2, 0.25) is 0 Å². The third-order valence-corrected chi connectivity index (χ3v) is 6.39. The Bertz CT molecular complexity index is 523. The summed E-state index contributed by atoms with van der Waals surface area (Å²) in [5, 5.41) is 8.57. The van der Waals surface area contributed by atoms with Crippen LogP contribution < -0.4 is 4.90 Å². The number of ether oxygens (including phenoxy) is 1. The van der Waals surface area contributed by atoms with Gasteiger partial charge in [0.25, 0.3) is 0 Å². The average Bonchev–Trinajstić information content (AvgIpc) is 3.12. The van der Waals surface area contributed by atoms with Gasteiger partial charge in [0.05, 0.1) is 12.3 Å². The summed E-state index contributed by atoms with van der Waals surface area (Å²) in [6.07, 6.45) is 6.61. The van der Waals surface area contributed by atoms with E-state index in [2.05, 4.69) is 32.1 Å². The first-order chi connectivity index (χ1) is 11.7. The van der Waals surface area contributed by atoms with Crippen LogP contribution >= 0.6 is 0 Å². The summed E-state index contributed by atoms with van der Waals surface area (Å²) in [5.74, 6) is 1.83. The monoisotopic (exact) mass is 330 g/mol. The Morgan fingerprint density at radius 1 is 1.08 bits per heavy atom. The quantitative estimate of drug-likeness (QED) is 0.852. The van der Waals surface area contributed by atoms with E-state index >= 15 is 0 Å². The fourth-order valence-electron chi connectivity index (χ4n) is 4.57. The molecule has 132 valence electrons. The summed E-state index contributed by atoms with van der Waals surface area (Å²) in [5.41, 5.74) is 1.57. The minimum atomic E-state index is 0.581. The van der Waals surface area contributed by atoms with Gasteiger partial charge in [0.15, 0.2) is 5.82 Å². The van der Waals surface area contributed by atoms with Crippen molar-refractivity contribution in [2.75, 3.05) is 50.8 Å². The van der Waals surface area contributed by atoms with Crippen LogP contribution in [0.25, 0.3) is 0 Å². The van der Waals surface area contributed by atoms with Crippen molar-refractivity contribution in [2.24, 2.45) is 11.3 Å². The first kappa shape index (κ1) is 16.3. The molecule has 0 aliphatic carbocycles. The topological polar surface area (TPSA) is 41.5 Å². The van der Waals surface area contributed by atoms with Crippen LogP contribution in [0.3, 0.4) is 0 Å². The van der Waals surface area contributed by atoms with Crippen LogP contribution in [0, 0.1) is 18.3 Å². The van der Waals surface area contributed by atoms with Crippen molar-refractivity contribution in [1.29, 1.82) is 0 Å². The molecule has 3 fully saturated rings. The highest BCUT2D eigenvalue weighted by Crippen LogP contribution is 2.42. The van der Waals surface area contributed by atoms with Gasteiger partial charge in [-0.05, 0) is 75.6 Å². The highest BCUT2D eigenvalue weighted by Gasteiger charge is 2.38. The van der Waals surface area contributed by atoms with Gasteiger partial charge in [-0.3, -0.25) is 0 Å². The summed E-state index contributed by atoms with van der Waals surface area (Å²) in [7, 11) is 0. The lowest BCUT2D eigenvalue weighted by Crippen LogP contribution is -2.48. The van der Waals surface area contributed by atoms with Gasteiger partial charge in [-0.25, -0.2) is 0 Å². The van der Waals surface area contributed by atoms with Gasteiger partial charge in [0.1, 0.15) is 0 Å². The fourth-order valence-corrected chi connectivity index (χ4v) is 4.57. The summed E-state index contributed by atoms with van der Waals surface area (Å²) in [4.78, 5) is 5.10. The zero-order chi connectivity index (χ0) is 16.4. The summed E-state index contributed by atoms with van der Waals surface area (Å²) in [6.45, 7) is 10.0. The zero-order valence-electron chi connectivity index (χ0n) is 14.9. The maximum absolute atomic E-state index is 5.53. The summed E-state index contributed by atoms with van der Waals surface area (Å²) in [6, 6.07) is 4.19. The van der Waals surface area contributed by atoms with E-state index in [1.807, 2.05) is 6.92 Å². The van der Waals surface area contributed by atoms with E-state index in [0.29, 0.717) is 5.41 Å². The summed E-state index contributed by atoms with van der Waals surface area (Å²) >= 11 is 0.